The first-order valence-corrected chi connectivity index (χ1v) is 8.05. The van der Waals surface area contributed by atoms with E-state index in [1.54, 1.807) is 11.3 Å². The molecule has 3 N–H and O–H groups in total. The number of benzene rings is 1. The van der Waals surface area contributed by atoms with Crippen LogP contribution in [0.2, 0.25) is 0 Å². The summed E-state index contributed by atoms with van der Waals surface area (Å²) in [5.74, 6) is 5.67. The number of thiophene rings is 1. The van der Waals surface area contributed by atoms with Crippen molar-refractivity contribution in [3.8, 4) is 0 Å². The van der Waals surface area contributed by atoms with E-state index in [-0.39, 0.29) is 0 Å². The number of nitrogens with one attached hydrogen (secondary N) is 1. The second-order valence-corrected chi connectivity index (χ2v) is 7.29. The first-order chi connectivity index (χ1) is 9.19. The van der Waals surface area contributed by atoms with Gasteiger partial charge in [0, 0.05) is 10.9 Å². The van der Waals surface area contributed by atoms with Gasteiger partial charge in [-0.1, -0.05) is 24.3 Å². The molecule has 1 heterocycles. The van der Waals surface area contributed by atoms with Gasteiger partial charge in [-0.2, -0.15) is 0 Å². The minimum atomic E-state index is 0.324. The van der Waals surface area contributed by atoms with E-state index in [0.717, 1.165) is 19.3 Å². The van der Waals surface area contributed by atoms with E-state index in [0.29, 0.717) is 6.04 Å². The molecule has 2 aromatic rings. The standard InChI is InChI=1S/C15H19BrN2S/c1-11-4-2-3-5-12(11)6-7-13(18-17)10-14-8-9-15(16)19-14/h2-5,8-9,13,18H,6-7,10,17H2,1H3. The molecule has 0 aliphatic heterocycles. The molecule has 1 atom stereocenters. The molecule has 0 aliphatic carbocycles. The van der Waals surface area contributed by atoms with Gasteiger partial charge in [-0.3, -0.25) is 11.3 Å². The largest absolute Gasteiger partial charge is 0.271 e. The predicted molar refractivity (Wildman–Crippen MR) is 86.3 cm³/mol. The highest BCUT2D eigenvalue weighted by Crippen LogP contribution is 2.24. The number of aryl methyl sites for hydroxylation is 2. The SMILES string of the molecule is Cc1ccccc1CCC(Cc1ccc(Br)s1)NN. The van der Waals surface area contributed by atoms with E-state index >= 15 is 0 Å². The smallest absolute Gasteiger partial charge is 0.0701 e. The fourth-order valence-electron chi connectivity index (χ4n) is 2.17. The first-order valence-electron chi connectivity index (χ1n) is 6.44. The van der Waals surface area contributed by atoms with Crippen LogP contribution >= 0.6 is 27.3 Å². The number of hydrazine groups is 1. The maximum Gasteiger partial charge on any atom is 0.0701 e. The van der Waals surface area contributed by atoms with Gasteiger partial charge in [0.05, 0.1) is 3.79 Å². The van der Waals surface area contributed by atoms with Gasteiger partial charge in [-0.05, 0) is 65.4 Å². The predicted octanol–water partition coefficient (Wildman–Crippen LogP) is 3.83. The number of rotatable bonds is 6. The van der Waals surface area contributed by atoms with E-state index in [4.69, 9.17) is 5.84 Å². The Morgan fingerprint density at radius 1 is 1.26 bits per heavy atom. The van der Waals surface area contributed by atoms with Gasteiger partial charge in [0.2, 0.25) is 0 Å². The van der Waals surface area contributed by atoms with E-state index < -0.39 is 0 Å². The molecule has 0 amide bonds. The van der Waals surface area contributed by atoms with Crippen LogP contribution in [0.1, 0.15) is 22.4 Å². The van der Waals surface area contributed by atoms with Crippen molar-refractivity contribution >= 4 is 27.3 Å². The third-order valence-electron chi connectivity index (χ3n) is 3.34. The van der Waals surface area contributed by atoms with Crippen molar-refractivity contribution in [2.24, 2.45) is 5.84 Å². The molecular formula is C15H19BrN2S. The van der Waals surface area contributed by atoms with E-state index in [1.807, 2.05) is 0 Å². The molecule has 1 unspecified atom stereocenters. The van der Waals surface area contributed by atoms with Crippen LogP contribution in [0.4, 0.5) is 0 Å². The van der Waals surface area contributed by atoms with Crippen molar-refractivity contribution in [3.05, 3.63) is 56.2 Å². The summed E-state index contributed by atoms with van der Waals surface area (Å²) in [5.41, 5.74) is 5.71. The Hall–Kier alpha value is -0.680. The quantitative estimate of drug-likeness (QED) is 0.620. The lowest BCUT2D eigenvalue weighted by molar-refractivity contribution is 0.494. The second kappa shape index (κ2) is 7.20. The summed E-state index contributed by atoms with van der Waals surface area (Å²) < 4.78 is 1.18. The van der Waals surface area contributed by atoms with E-state index in [9.17, 15) is 0 Å². The van der Waals surface area contributed by atoms with Gasteiger partial charge >= 0.3 is 0 Å². The normalized spacial score (nSPS) is 12.6. The monoisotopic (exact) mass is 338 g/mol. The van der Waals surface area contributed by atoms with Crippen molar-refractivity contribution in [3.63, 3.8) is 0 Å². The Morgan fingerprint density at radius 2 is 2.05 bits per heavy atom. The van der Waals surface area contributed by atoms with Crippen molar-refractivity contribution in [2.45, 2.75) is 32.2 Å². The van der Waals surface area contributed by atoms with E-state index in [2.05, 4.69) is 64.7 Å². The van der Waals surface area contributed by atoms with Gasteiger partial charge in [-0.25, -0.2) is 0 Å². The Labute approximate surface area is 127 Å². The molecule has 0 fully saturated rings. The molecule has 0 saturated carbocycles. The molecule has 0 saturated heterocycles. The highest BCUT2D eigenvalue weighted by molar-refractivity contribution is 9.11. The molecule has 0 radical (unpaired) electrons. The van der Waals surface area contributed by atoms with Crippen molar-refractivity contribution in [1.82, 2.24) is 5.43 Å². The van der Waals surface area contributed by atoms with Crippen molar-refractivity contribution in [2.75, 3.05) is 0 Å². The van der Waals surface area contributed by atoms with Gasteiger partial charge in [0.1, 0.15) is 0 Å². The molecule has 102 valence electrons. The van der Waals surface area contributed by atoms with Crippen LogP contribution in [0.15, 0.2) is 40.2 Å². The number of halogens is 1. The second-order valence-electron chi connectivity index (χ2n) is 4.74. The summed E-state index contributed by atoms with van der Waals surface area (Å²) in [6.45, 7) is 2.16. The summed E-state index contributed by atoms with van der Waals surface area (Å²) in [6.07, 6.45) is 3.10. The van der Waals surface area contributed by atoms with Crippen molar-refractivity contribution < 1.29 is 0 Å². The maximum absolute atomic E-state index is 5.67. The van der Waals surface area contributed by atoms with Gasteiger partial charge < -0.3 is 0 Å². The number of hydrogen-bond donors (Lipinski definition) is 2. The third kappa shape index (κ3) is 4.42. The first kappa shape index (κ1) is 14.7. The zero-order valence-electron chi connectivity index (χ0n) is 11.0. The average Bonchev–Trinajstić information content (AvgIpc) is 2.81. The van der Waals surface area contributed by atoms with Crippen LogP contribution in [0.25, 0.3) is 0 Å². The Morgan fingerprint density at radius 3 is 2.68 bits per heavy atom. The molecule has 19 heavy (non-hydrogen) atoms. The molecule has 2 rings (SSSR count). The summed E-state index contributed by atoms with van der Waals surface area (Å²) in [6, 6.07) is 13.1. The summed E-state index contributed by atoms with van der Waals surface area (Å²) in [5, 5.41) is 0. The Balaban J connectivity index is 1.91. The minimum Gasteiger partial charge on any atom is -0.271 e. The molecular weight excluding hydrogens is 320 g/mol. The lowest BCUT2D eigenvalue weighted by Crippen LogP contribution is -2.37. The highest BCUT2D eigenvalue weighted by Gasteiger charge is 2.10. The van der Waals surface area contributed by atoms with Crippen LogP contribution < -0.4 is 11.3 Å². The Bertz CT molecular complexity index is 524. The summed E-state index contributed by atoms with van der Waals surface area (Å²) >= 11 is 5.27. The van der Waals surface area contributed by atoms with Crippen molar-refractivity contribution in [1.29, 1.82) is 0 Å². The van der Waals surface area contributed by atoms with E-state index in [1.165, 1.54) is 19.8 Å². The zero-order chi connectivity index (χ0) is 13.7. The van der Waals surface area contributed by atoms with Gasteiger partial charge in [0.25, 0.3) is 0 Å². The number of hydrogen-bond acceptors (Lipinski definition) is 3. The van der Waals surface area contributed by atoms with Gasteiger partial charge in [0.15, 0.2) is 0 Å². The molecule has 1 aromatic heterocycles. The van der Waals surface area contributed by atoms with Crippen LogP contribution in [-0.2, 0) is 12.8 Å². The van der Waals surface area contributed by atoms with Crippen LogP contribution in [-0.4, -0.2) is 6.04 Å². The molecule has 0 aliphatic rings. The molecule has 0 bridgehead atoms. The third-order valence-corrected chi connectivity index (χ3v) is 4.98. The topological polar surface area (TPSA) is 38.0 Å². The zero-order valence-corrected chi connectivity index (χ0v) is 13.4. The fraction of sp³-hybridized carbons (Fsp3) is 0.333. The lowest BCUT2D eigenvalue weighted by Gasteiger charge is -2.15. The molecule has 4 heteroatoms. The van der Waals surface area contributed by atoms with Crippen LogP contribution in [0.3, 0.4) is 0 Å². The Kier molecular flexibility index (Phi) is 5.58. The highest BCUT2D eigenvalue weighted by atomic mass is 79.9. The van der Waals surface area contributed by atoms with Crippen LogP contribution in [0, 0.1) is 6.92 Å². The lowest BCUT2D eigenvalue weighted by atomic mass is 9.99. The summed E-state index contributed by atoms with van der Waals surface area (Å²) in [4.78, 5) is 1.36. The maximum atomic E-state index is 5.67. The number of nitrogens with two attached hydrogens (primary N) is 1. The fourth-order valence-corrected chi connectivity index (χ4v) is 3.73. The minimum absolute atomic E-state index is 0.324. The van der Waals surface area contributed by atoms with Crippen LogP contribution in [0.5, 0.6) is 0 Å². The molecule has 2 nitrogen and oxygen atoms in total. The molecule has 1 aromatic carbocycles. The average molecular weight is 339 g/mol. The molecule has 0 spiro atoms. The summed E-state index contributed by atoms with van der Waals surface area (Å²) in [7, 11) is 0. The van der Waals surface area contributed by atoms with Gasteiger partial charge in [-0.15, -0.1) is 11.3 Å².